The highest BCUT2D eigenvalue weighted by Gasteiger charge is 2.15. The van der Waals surface area contributed by atoms with E-state index in [2.05, 4.69) is 30.1 Å². The molecule has 3 nitrogen and oxygen atoms in total. The number of nitrogens with zero attached hydrogens (tertiary/aromatic N) is 1. The Morgan fingerprint density at radius 2 is 2.05 bits per heavy atom. The molecule has 0 aromatic heterocycles. The molecular weight excluding hydrogens is 260 g/mol. The van der Waals surface area contributed by atoms with E-state index in [1.165, 1.54) is 5.56 Å². The van der Waals surface area contributed by atoms with Gasteiger partial charge >= 0.3 is 0 Å². The van der Waals surface area contributed by atoms with Crippen molar-refractivity contribution >= 4 is 11.6 Å². The molecule has 1 N–H and O–H groups in total. The van der Waals surface area contributed by atoms with Crippen LogP contribution in [0.2, 0.25) is 5.02 Å². The first-order chi connectivity index (χ1) is 9.15. The van der Waals surface area contributed by atoms with E-state index in [1.54, 1.807) is 0 Å². The van der Waals surface area contributed by atoms with Crippen molar-refractivity contribution in [3.05, 3.63) is 34.9 Å². The maximum absolute atomic E-state index is 6.03. The first-order valence-electron chi connectivity index (χ1n) is 6.97. The molecule has 0 saturated carbocycles. The van der Waals surface area contributed by atoms with Crippen molar-refractivity contribution in [2.24, 2.45) is 0 Å². The second-order valence-electron chi connectivity index (χ2n) is 5.26. The highest BCUT2D eigenvalue weighted by atomic mass is 35.5. The van der Waals surface area contributed by atoms with Gasteiger partial charge in [0.1, 0.15) is 0 Å². The van der Waals surface area contributed by atoms with E-state index in [1.807, 2.05) is 18.2 Å². The molecule has 2 rings (SSSR count). The lowest BCUT2D eigenvalue weighted by Gasteiger charge is -2.30. The SMILES string of the molecule is CC(CN1CCOCC1)NC(C)c1cccc(Cl)c1. The molecule has 19 heavy (non-hydrogen) atoms. The minimum atomic E-state index is 0.315. The van der Waals surface area contributed by atoms with Gasteiger partial charge in [-0.3, -0.25) is 4.90 Å². The van der Waals surface area contributed by atoms with Crippen molar-refractivity contribution < 1.29 is 4.74 Å². The van der Waals surface area contributed by atoms with E-state index >= 15 is 0 Å². The number of nitrogens with one attached hydrogen (secondary N) is 1. The summed E-state index contributed by atoms with van der Waals surface area (Å²) in [5, 5.41) is 4.43. The van der Waals surface area contributed by atoms with Crippen LogP contribution in [0.1, 0.15) is 25.5 Å². The topological polar surface area (TPSA) is 24.5 Å². The summed E-state index contributed by atoms with van der Waals surface area (Å²) in [6.45, 7) is 9.27. The molecule has 1 aromatic carbocycles. The van der Waals surface area contributed by atoms with Crippen LogP contribution in [0.4, 0.5) is 0 Å². The summed E-state index contributed by atoms with van der Waals surface area (Å²) in [5.41, 5.74) is 1.24. The first-order valence-corrected chi connectivity index (χ1v) is 7.34. The van der Waals surface area contributed by atoms with Crippen molar-refractivity contribution in [1.82, 2.24) is 10.2 Å². The van der Waals surface area contributed by atoms with Gasteiger partial charge in [-0.15, -0.1) is 0 Å². The summed E-state index contributed by atoms with van der Waals surface area (Å²) >= 11 is 6.03. The van der Waals surface area contributed by atoms with Crippen LogP contribution >= 0.6 is 11.6 Å². The van der Waals surface area contributed by atoms with Gasteiger partial charge in [-0.1, -0.05) is 23.7 Å². The smallest absolute Gasteiger partial charge is 0.0594 e. The monoisotopic (exact) mass is 282 g/mol. The molecule has 4 heteroatoms. The lowest BCUT2D eigenvalue weighted by Crippen LogP contribution is -2.44. The van der Waals surface area contributed by atoms with E-state index in [0.717, 1.165) is 37.9 Å². The van der Waals surface area contributed by atoms with Gasteiger partial charge in [0.05, 0.1) is 13.2 Å². The first kappa shape index (κ1) is 14.8. The molecule has 1 aromatic rings. The molecule has 106 valence electrons. The average molecular weight is 283 g/mol. The standard InChI is InChI=1S/C15H23ClN2O/c1-12(11-18-6-8-19-9-7-18)17-13(2)14-4-3-5-15(16)10-14/h3-5,10,12-13,17H,6-9,11H2,1-2H3. The van der Waals surface area contributed by atoms with Gasteiger partial charge in [-0.25, -0.2) is 0 Å². The molecule has 1 saturated heterocycles. The van der Waals surface area contributed by atoms with E-state index < -0.39 is 0 Å². The minimum absolute atomic E-state index is 0.315. The van der Waals surface area contributed by atoms with Crippen molar-refractivity contribution in [1.29, 1.82) is 0 Å². The molecule has 2 unspecified atom stereocenters. The third kappa shape index (κ3) is 4.77. The van der Waals surface area contributed by atoms with E-state index in [-0.39, 0.29) is 0 Å². The lowest BCUT2D eigenvalue weighted by atomic mass is 10.1. The van der Waals surface area contributed by atoms with E-state index in [4.69, 9.17) is 16.3 Å². The molecule has 0 spiro atoms. The maximum atomic E-state index is 6.03. The molecule has 0 radical (unpaired) electrons. The Kier molecular flexibility index (Phi) is 5.64. The van der Waals surface area contributed by atoms with Crippen LogP contribution in [-0.4, -0.2) is 43.8 Å². The molecule has 1 fully saturated rings. The van der Waals surface area contributed by atoms with Crippen molar-refractivity contribution in [2.75, 3.05) is 32.8 Å². The zero-order valence-electron chi connectivity index (χ0n) is 11.7. The molecule has 1 aliphatic rings. The Balaban J connectivity index is 1.82. The fraction of sp³-hybridized carbons (Fsp3) is 0.600. The van der Waals surface area contributed by atoms with Gasteiger partial charge < -0.3 is 10.1 Å². The zero-order valence-corrected chi connectivity index (χ0v) is 12.5. The Morgan fingerprint density at radius 1 is 1.32 bits per heavy atom. The third-order valence-corrected chi connectivity index (χ3v) is 3.75. The second kappa shape index (κ2) is 7.25. The highest BCUT2D eigenvalue weighted by molar-refractivity contribution is 6.30. The van der Waals surface area contributed by atoms with Crippen molar-refractivity contribution in [2.45, 2.75) is 25.9 Å². The zero-order chi connectivity index (χ0) is 13.7. The summed E-state index contributed by atoms with van der Waals surface area (Å²) in [4.78, 5) is 2.45. The molecule has 0 aliphatic carbocycles. The molecule has 1 heterocycles. The number of hydrogen-bond acceptors (Lipinski definition) is 3. The number of ether oxygens (including phenoxy) is 1. The van der Waals surface area contributed by atoms with Crippen LogP contribution < -0.4 is 5.32 Å². The lowest BCUT2D eigenvalue weighted by molar-refractivity contribution is 0.0339. The van der Waals surface area contributed by atoms with Crippen LogP contribution in [0.3, 0.4) is 0 Å². The number of morpholine rings is 1. The summed E-state index contributed by atoms with van der Waals surface area (Å²) < 4.78 is 5.37. The van der Waals surface area contributed by atoms with Gasteiger partial charge in [-0.2, -0.15) is 0 Å². The minimum Gasteiger partial charge on any atom is -0.379 e. The number of halogens is 1. The van der Waals surface area contributed by atoms with Gasteiger partial charge in [0.25, 0.3) is 0 Å². The Hall–Kier alpha value is -0.610. The average Bonchev–Trinajstić information content (AvgIpc) is 2.39. The second-order valence-corrected chi connectivity index (χ2v) is 5.69. The highest BCUT2D eigenvalue weighted by Crippen LogP contribution is 2.17. The van der Waals surface area contributed by atoms with Crippen LogP contribution in [0.5, 0.6) is 0 Å². The Labute approximate surface area is 120 Å². The fourth-order valence-electron chi connectivity index (χ4n) is 2.52. The third-order valence-electron chi connectivity index (χ3n) is 3.52. The summed E-state index contributed by atoms with van der Waals surface area (Å²) in [5.74, 6) is 0. The summed E-state index contributed by atoms with van der Waals surface area (Å²) in [6.07, 6.45) is 0. The summed E-state index contributed by atoms with van der Waals surface area (Å²) in [7, 11) is 0. The number of hydrogen-bond donors (Lipinski definition) is 1. The van der Waals surface area contributed by atoms with Crippen LogP contribution in [-0.2, 0) is 4.74 Å². The predicted octanol–water partition coefficient (Wildman–Crippen LogP) is 2.71. The van der Waals surface area contributed by atoms with Crippen LogP contribution in [0.25, 0.3) is 0 Å². The van der Waals surface area contributed by atoms with E-state index in [0.29, 0.717) is 12.1 Å². The van der Waals surface area contributed by atoms with E-state index in [9.17, 15) is 0 Å². The van der Waals surface area contributed by atoms with Gasteiger partial charge in [0.2, 0.25) is 0 Å². The van der Waals surface area contributed by atoms with Crippen LogP contribution in [0, 0.1) is 0 Å². The number of benzene rings is 1. The Bertz CT molecular complexity index is 393. The normalized spacial score (nSPS) is 20.2. The number of rotatable bonds is 5. The maximum Gasteiger partial charge on any atom is 0.0594 e. The van der Waals surface area contributed by atoms with Gasteiger partial charge in [-0.05, 0) is 31.5 Å². The van der Waals surface area contributed by atoms with Crippen molar-refractivity contribution in [3.8, 4) is 0 Å². The molecule has 0 bridgehead atoms. The Morgan fingerprint density at radius 3 is 2.74 bits per heavy atom. The molecule has 1 aliphatic heterocycles. The molecule has 0 amide bonds. The molecular formula is C15H23ClN2O. The summed E-state index contributed by atoms with van der Waals surface area (Å²) in [6, 6.07) is 8.82. The van der Waals surface area contributed by atoms with Crippen molar-refractivity contribution in [3.63, 3.8) is 0 Å². The largest absolute Gasteiger partial charge is 0.379 e. The quantitative estimate of drug-likeness (QED) is 0.899. The van der Waals surface area contributed by atoms with Gasteiger partial charge in [0, 0.05) is 36.7 Å². The predicted molar refractivity (Wildman–Crippen MR) is 79.7 cm³/mol. The van der Waals surface area contributed by atoms with Gasteiger partial charge in [0.15, 0.2) is 0 Å². The molecule has 2 atom stereocenters. The van der Waals surface area contributed by atoms with Crippen LogP contribution in [0.15, 0.2) is 24.3 Å². The fourth-order valence-corrected chi connectivity index (χ4v) is 2.72.